The molecule has 2 N–H and O–H groups in total. The van der Waals surface area contributed by atoms with Gasteiger partial charge in [0.05, 0.1) is 27.0 Å². The smallest absolute Gasteiger partial charge is 0.332 e. The van der Waals surface area contributed by atoms with E-state index in [4.69, 9.17) is 9.47 Å². The SMILES string of the molecule is COc1cccc(/C=N/Nc2nc3c(c(=O)n(C)c(=O)n3C)n2CCO)c1OC. The third-order valence-corrected chi connectivity index (χ3v) is 4.47. The molecule has 0 saturated heterocycles. The van der Waals surface area contributed by atoms with Gasteiger partial charge in [-0.25, -0.2) is 10.2 Å². The van der Waals surface area contributed by atoms with Crippen molar-refractivity contribution in [2.24, 2.45) is 19.2 Å². The van der Waals surface area contributed by atoms with Crippen LogP contribution in [0.4, 0.5) is 5.95 Å². The van der Waals surface area contributed by atoms with Gasteiger partial charge in [0, 0.05) is 26.2 Å². The van der Waals surface area contributed by atoms with Crippen molar-refractivity contribution in [2.75, 3.05) is 26.3 Å². The zero-order chi connectivity index (χ0) is 21.1. The van der Waals surface area contributed by atoms with Gasteiger partial charge in [-0.15, -0.1) is 0 Å². The fraction of sp³-hybridized carbons (Fsp3) is 0.333. The van der Waals surface area contributed by atoms with Crippen molar-refractivity contribution in [3.05, 3.63) is 44.6 Å². The molecule has 2 heterocycles. The van der Waals surface area contributed by atoms with Crippen molar-refractivity contribution in [3.8, 4) is 11.5 Å². The highest BCUT2D eigenvalue weighted by atomic mass is 16.5. The van der Waals surface area contributed by atoms with Gasteiger partial charge in [-0.1, -0.05) is 6.07 Å². The van der Waals surface area contributed by atoms with Gasteiger partial charge >= 0.3 is 5.69 Å². The van der Waals surface area contributed by atoms with E-state index in [9.17, 15) is 14.7 Å². The summed E-state index contributed by atoms with van der Waals surface area (Å²) in [4.78, 5) is 29.1. The van der Waals surface area contributed by atoms with E-state index in [2.05, 4.69) is 15.5 Å². The zero-order valence-corrected chi connectivity index (χ0v) is 16.5. The molecular formula is C18H22N6O5. The van der Waals surface area contributed by atoms with Crippen LogP contribution in [0.25, 0.3) is 11.2 Å². The number of aliphatic hydroxyl groups excluding tert-OH is 1. The van der Waals surface area contributed by atoms with Gasteiger partial charge in [-0.05, 0) is 12.1 Å². The molecular weight excluding hydrogens is 380 g/mol. The standard InChI is InChI=1S/C18H22N6O5/c1-22-15-13(16(26)23(2)18(22)27)24(8-9-25)17(20-15)21-19-10-11-6-5-7-12(28-3)14(11)29-4/h5-7,10,25H,8-9H2,1-4H3,(H,20,21)/b19-10+. The molecule has 0 unspecified atom stereocenters. The van der Waals surface area contributed by atoms with Crippen LogP contribution in [0.2, 0.25) is 0 Å². The van der Waals surface area contributed by atoms with Crippen molar-refractivity contribution >= 4 is 23.3 Å². The van der Waals surface area contributed by atoms with Crippen LogP contribution >= 0.6 is 0 Å². The number of benzene rings is 1. The van der Waals surface area contributed by atoms with Crippen LogP contribution in [0.5, 0.6) is 11.5 Å². The lowest BCUT2D eigenvalue weighted by Gasteiger charge is -2.09. The van der Waals surface area contributed by atoms with Crippen LogP contribution in [0.3, 0.4) is 0 Å². The molecule has 0 bridgehead atoms. The average Bonchev–Trinajstić information content (AvgIpc) is 3.09. The number of aromatic nitrogens is 4. The number of aryl methyl sites for hydroxylation is 1. The summed E-state index contributed by atoms with van der Waals surface area (Å²) in [5.74, 6) is 1.29. The van der Waals surface area contributed by atoms with Crippen LogP contribution < -0.4 is 26.1 Å². The lowest BCUT2D eigenvalue weighted by Crippen LogP contribution is -2.37. The Balaban J connectivity index is 2.05. The summed E-state index contributed by atoms with van der Waals surface area (Å²) in [6.45, 7) is -0.121. The van der Waals surface area contributed by atoms with E-state index in [-0.39, 0.29) is 30.3 Å². The number of imidazole rings is 1. The summed E-state index contributed by atoms with van der Waals surface area (Å²) in [6.07, 6.45) is 1.52. The van der Waals surface area contributed by atoms with Gasteiger partial charge < -0.3 is 19.1 Å². The number of methoxy groups -OCH3 is 2. The lowest BCUT2D eigenvalue weighted by atomic mass is 10.2. The second-order valence-corrected chi connectivity index (χ2v) is 6.14. The minimum atomic E-state index is -0.504. The number of nitrogens with one attached hydrogen (secondary N) is 1. The quantitative estimate of drug-likeness (QED) is 0.417. The number of hydrogen-bond donors (Lipinski definition) is 2. The molecule has 0 aliphatic carbocycles. The highest BCUT2D eigenvalue weighted by molar-refractivity contribution is 5.85. The van der Waals surface area contributed by atoms with Gasteiger partial charge in [-0.3, -0.25) is 13.9 Å². The number of para-hydroxylation sites is 1. The highest BCUT2D eigenvalue weighted by Crippen LogP contribution is 2.29. The summed E-state index contributed by atoms with van der Waals surface area (Å²) in [5, 5.41) is 13.6. The molecule has 11 nitrogen and oxygen atoms in total. The molecule has 2 aromatic heterocycles. The lowest BCUT2D eigenvalue weighted by molar-refractivity contribution is 0.278. The number of anilines is 1. The van der Waals surface area contributed by atoms with Crippen molar-refractivity contribution in [1.29, 1.82) is 0 Å². The number of hydrogen-bond acceptors (Lipinski definition) is 8. The number of fused-ring (bicyclic) bond motifs is 1. The Hall–Kier alpha value is -3.60. The topological polar surface area (TPSA) is 125 Å². The van der Waals surface area contributed by atoms with Crippen LogP contribution in [0.1, 0.15) is 5.56 Å². The van der Waals surface area contributed by atoms with E-state index < -0.39 is 11.2 Å². The first kappa shape index (κ1) is 20.1. The van der Waals surface area contributed by atoms with E-state index in [0.717, 1.165) is 4.57 Å². The number of hydrazone groups is 1. The first-order valence-corrected chi connectivity index (χ1v) is 8.71. The van der Waals surface area contributed by atoms with Gasteiger partial charge in [0.15, 0.2) is 22.7 Å². The van der Waals surface area contributed by atoms with Crippen LogP contribution in [0.15, 0.2) is 32.9 Å². The molecule has 0 saturated carbocycles. The number of nitrogens with zero attached hydrogens (tertiary/aromatic N) is 5. The molecule has 11 heteroatoms. The average molecular weight is 402 g/mol. The van der Waals surface area contributed by atoms with Crippen molar-refractivity contribution in [1.82, 2.24) is 18.7 Å². The predicted octanol–water partition coefficient (Wildman–Crippen LogP) is -0.111. The maximum absolute atomic E-state index is 12.6. The van der Waals surface area contributed by atoms with Crippen LogP contribution in [-0.4, -0.2) is 50.8 Å². The van der Waals surface area contributed by atoms with E-state index in [1.165, 1.54) is 36.6 Å². The summed E-state index contributed by atoms with van der Waals surface area (Å²) in [5.41, 5.74) is 2.82. The monoisotopic (exact) mass is 402 g/mol. The van der Waals surface area contributed by atoms with E-state index in [1.54, 1.807) is 25.3 Å². The highest BCUT2D eigenvalue weighted by Gasteiger charge is 2.18. The Morgan fingerprint density at radius 3 is 2.62 bits per heavy atom. The zero-order valence-electron chi connectivity index (χ0n) is 16.5. The second kappa shape index (κ2) is 8.19. The molecule has 0 aliphatic rings. The predicted molar refractivity (Wildman–Crippen MR) is 108 cm³/mol. The van der Waals surface area contributed by atoms with Gasteiger partial charge in [0.25, 0.3) is 5.56 Å². The van der Waals surface area contributed by atoms with Gasteiger partial charge in [0.1, 0.15) is 0 Å². The first-order valence-electron chi connectivity index (χ1n) is 8.71. The number of rotatable bonds is 7. The third kappa shape index (κ3) is 3.47. The molecule has 0 radical (unpaired) electrons. The van der Waals surface area contributed by atoms with E-state index in [0.29, 0.717) is 17.1 Å². The Morgan fingerprint density at radius 2 is 1.97 bits per heavy atom. The summed E-state index contributed by atoms with van der Waals surface area (Å²) in [7, 11) is 5.98. The molecule has 154 valence electrons. The summed E-state index contributed by atoms with van der Waals surface area (Å²) < 4.78 is 14.4. The molecule has 0 aliphatic heterocycles. The minimum absolute atomic E-state index is 0.101. The normalized spacial score (nSPS) is 11.3. The molecule has 0 fully saturated rings. The Morgan fingerprint density at radius 1 is 1.21 bits per heavy atom. The number of ether oxygens (including phenoxy) is 2. The maximum Gasteiger partial charge on any atom is 0.332 e. The second-order valence-electron chi connectivity index (χ2n) is 6.14. The molecule has 0 atom stereocenters. The summed E-state index contributed by atoms with van der Waals surface area (Å²) in [6, 6.07) is 5.35. The molecule has 0 spiro atoms. The number of aliphatic hydroxyl groups is 1. The minimum Gasteiger partial charge on any atom is -0.493 e. The fourth-order valence-corrected chi connectivity index (χ4v) is 3.02. The molecule has 1 aromatic carbocycles. The van der Waals surface area contributed by atoms with Crippen molar-refractivity contribution < 1.29 is 14.6 Å². The Labute approximate surface area is 165 Å². The van der Waals surface area contributed by atoms with Crippen LogP contribution in [0, 0.1) is 0 Å². The van der Waals surface area contributed by atoms with E-state index >= 15 is 0 Å². The van der Waals surface area contributed by atoms with Gasteiger partial charge in [0.2, 0.25) is 5.95 Å². The maximum atomic E-state index is 12.6. The summed E-state index contributed by atoms with van der Waals surface area (Å²) >= 11 is 0. The van der Waals surface area contributed by atoms with Crippen molar-refractivity contribution in [3.63, 3.8) is 0 Å². The largest absolute Gasteiger partial charge is 0.493 e. The van der Waals surface area contributed by atoms with Crippen LogP contribution in [-0.2, 0) is 20.6 Å². The molecule has 3 aromatic rings. The van der Waals surface area contributed by atoms with Crippen molar-refractivity contribution in [2.45, 2.75) is 6.54 Å². The Bertz CT molecular complexity index is 1190. The first-order chi connectivity index (χ1) is 13.9. The fourth-order valence-electron chi connectivity index (χ4n) is 3.02. The van der Waals surface area contributed by atoms with Gasteiger partial charge in [-0.2, -0.15) is 10.1 Å². The molecule has 0 amide bonds. The molecule has 3 rings (SSSR count). The Kier molecular flexibility index (Phi) is 5.69. The molecule has 29 heavy (non-hydrogen) atoms. The third-order valence-electron chi connectivity index (χ3n) is 4.47. The van der Waals surface area contributed by atoms with E-state index in [1.807, 2.05) is 0 Å².